The number of hydrazine groups is 1. The summed E-state index contributed by atoms with van der Waals surface area (Å²) >= 11 is 0. The van der Waals surface area contributed by atoms with E-state index in [9.17, 15) is 8.42 Å². The summed E-state index contributed by atoms with van der Waals surface area (Å²) in [6, 6.07) is 6.89. The van der Waals surface area contributed by atoms with Gasteiger partial charge in [0.15, 0.2) is 11.6 Å². The van der Waals surface area contributed by atoms with Gasteiger partial charge in [-0.15, -0.1) is 4.83 Å². The minimum Gasteiger partial charge on any atom is -0.393 e. The van der Waals surface area contributed by atoms with Gasteiger partial charge >= 0.3 is 0 Å². The van der Waals surface area contributed by atoms with E-state index in [1.807, 2.05) is 18.9 Å². The van der Waals surface area contributed by atoms with Crippen molar-refractivity contribution in [2.75, 3.05) is 43.2 Å². The first-order chi connectivity index (χ1) is 13.3. The zero-order chi connectivity index (χ0) is 20.3. The summed E-state index contributed by atoms with van der Waals surface area (Å²) in [5, 5.41) is 0. The molecule has 1 saturated heterocycles. The number of hydrogen-bond donors (Lipinski definition) is 3. The molecule has 152 valence electrons. The van der Waals surface area contributed by atoms with E-state index in [1.54, 1.807) is 24.3 Å². The molecule has 1 aliphatic rings. The van der Waals surface area contributed by atoms with Gasteiger partial charge in [0.25, 0.3) is 10.0 Å². The normalized spacial score (nSPS) is 16.1. The molecule has 2 heterocycles. The molecule has 9 nitrogen and oxygen atoms in total. The van der Waals surface area contributed by atoms with Gasteiger partial charge in [-0.3, -0.25) is 5.43 Å². The Kier molecular flexibility index (Phi) is 6.01. The monoisotopic (exact) mass is 405 g/mol. The van der Waals surface area contributed by atoms with Crippen LogP contribution in [0.1, 0.15) is 18.4 Å². The molecule has 0 saturated carbocycles. The first kappa shape index (κ1) is 20.3. The smallest absolute Gasteiger partial charge is 0.257 e. The molecule has 0 amide bonds. The molecule has 10 heteroatoms. The number of nitrogens with two attached hydrogens (primary N) is 1. The van der Waals surface area contributed by atoms with Crippen LogP contribution in [0.2, 0.25) is 0 Å². The highest BCUT2D eigenvalue weighted by molar-refractivity contribution is 7.89. The van der Waals surface area contributed by atoms with E-state index < -0.39 is 10.0 Å². The molecule has 0 bridgehead atoms. The zero-order valence-electron chi connectivity index (χ0n) is 16.4. The van der Waals surface area contributed by atoms with Crippen LogP contribution in [0.15, 0.2) is 35.5 Å². The maximum absolute atomic E-state index is 12.5. The molecule has 0 unspecified atom stereocenters. The number of likely N-dealkylation sites (tertiary alicyclic amines) is 1. The van der Waals surface area contributed by atoms with Gasteiger partial charge < -0.3 is 15.5 Å². The van der Waals surface area contributed by atoms with Crippen molar-refractivity contribution >= 4 is 27.3 Å². The van der Waals surface area contributed by atoms with Gasteiger partial charge in [0.1, 0.15) is 12.0 Å². The molecule has 28 heavy (non-hydrogen) atoms. The van der Waals surface area contributed by atoms with Gasteiger partial charge in [0, 0.05) is 13.1 Å². The summed E-state index contributed by atoms with van der Waals surface area (Å²) in [7, 11) is 0.314. The Bertz CT molecular complexity index is 910. The van der Waals surface area contributed by atoms with Crippen molar-refractivity contribution in [3.05, 3.63) is 36.2 Å². The van der Waals surface area contributed by atoms with Crippen LogP contribution in [0.3, 0.4) is 0 Å². The number of aryl methyl sites for hydroxylation is 1. The maximum Gasteiger partial charge on any atom is 0.257 e. The van der Waals surface area contributed by atoms with E-state index in [-0.39, 0.29) is 10.7 Å². The van der Waals surface area contributed by atoms with Gasteiger partial charge in [-0.25, -0.2) is 18.4 Å². The largest absolute Gasteiger partial charge is 0.393 e. The number of nitrogen functional groups attached to an aromatic ring is 1. The number of piperidine rings is 1. The van der Waals surface area contributed by atoms with E-state index in [4.69, 9.17) is 5.73 Å². The van der Waals surface area contributed by atoms with Crippen LogP contribution in [0, 0.1) is 6.92 Å². The summed E-state index contributed by atoms with van der Waals surface area (Å²) in [6.45, 7) is 3.93. The van der Waals surface area contributed by atoms with E-state index >= 15 is 0 Å². The fourth-order valence-corrected chi connectivity index (χ4v) is 4.06. The lowest BCUT2D eigenvalue weighted by Crippen LogP contribution is -2.42. The van der Waals surface area contributed by atoms with Gasteiger partial charge in [-0.05, 0) is 52.0 Å². The number of anilines is 3. The summed E-state index contributed by atoms with van der Waals surface area (Å²) in [5.74, 6) is 0.807. The Hall–Kier alpha value is -2.43. The Morgan fingerprint density at radius 2 is 1.82 bits per heavy atom. The van der Waals surface area contributed by atoms with Crippen molar-refractivity contribution in [2.24, 2.45) is 0 Å². The van der Waals surface area contributed by atoms with Crippen molar-refractivity contribution in [3.8, 4) is 0 Å². The highest BCUT2D eigenvalue weighted by Crippen LogP contribution is 2.28. The minimum atomic E-state index is -3.75. The van der Waals surface area contributed by atoms with Crippen LogP contribution >= 0.6 is 0 Å². The predicted molar refractivity (Wildman–Crippen MR) is 110 cm³/mol. The molecule has 0 radical (unpaired) electrons. The van der Waals surface area contributed by atoms with Crippen molar-refractivity contribution in [3.63, 3.8) is 0 Å². The second-order valence-electron chi connectivity index (χ2n) is 7.15. The number of aromatic nitrogens is 2. The standard InChI is InChI=1S/C18H27N7O2S/c1-13-4-6-15(7-5-13)28(26,27)23-22-17-16(19)18(21-12-20-17)25(3)14-8-10-24(2)11-9-14/h4-7,12,14,23H,8-11,19H2,1-3H3,(H,20,21,22). The Balaban J connectivity index is 1.73. The topological polar surface area (TPSA) is 116 Å². The maximum atomic E-state index is 12.5. The minimum absolute atomic E-state index is 0.155. The number of nitrogens with zero attached hydrogens (tertiary/aromatic N) is 4. The van der Waals surface area contributed by atoms with E-state index in [0.29, 0.717) is 17.5 Å². The molecule has 0 spiro atoms. The van der Waals surface area contributed by atoms with E-state index in [2.05, 4.69) is 32.2 Å². The summed E-state index contributed by atoms with van der Waals surface area (Å²) in [5.41, 5.74) is 10.1. The molecular formula is C18H27N7O2S. The number of rotatable bonds is 6. The number of sulfonamides is 1. The fraction of sp³-hybridized carbons (Fsp3) is 0.444. The lowest BCUT2D eigenvalue weighted by Gasteiger charge is -2.36. The quantitative estimate of drug-likeness (QED) is 0.614. The first-order valence-electron chi connectivity index (χ1n) is 9.14. The average Bonchev–Trinajstić information content (AvgIpc) is 2.67. The number of benzene rings is 1. The van der Waals surface area contributed by atoms with Crippen LogP contribution in [-0.2, 0) is 10.0 Å². The molecule has 2 aromatic rings. The Labute approximate surface area is 166 Å². The Morgan fingerprint density at radius 1 is 1.18 bits per heavy atom. The van der Waals surface area contributed by atoms with Gasteiger partial charge in [-0.2, -0.15) is 0 Å². The van der Waals surface area contributed by atoms with Crippen LogP contribution in [-0.4, -0.2) is 56.5 Å². The molecule has 4 N–H and O–H groups in total. The molecular weight excluding hydrogens is 378 g/mol. The number of nitrogens with one attached hydrogen (secondary N) is 2. The van der Waals surface area contributed by atoms with Crippen LogP contribution < -0.4 is 20.9 Å². The third-order valence-corrected chi connectivity index (χ3v) is 6.33. The summed E-state index contributed by atoms with van der Waals surface area (Å²) in [4.78, 5) is 15.2. The van der Waals surface area contributed by atoms with Crippen LogP contribution in [0.5, 0.6) is 0 Å². The molecule has 0 aliphatic carbocycles. The van der Waals surface area contributed by atoms with Crippen molar-refractivity contribution in [1.82, 2.24) is 19.7 Å². The van der Waals surface area contributed by atoms with Crippen LogP contribution in [0.25, 0.3) is 0 Å². The second-order valence-corrected chi connectivity index (χ2v) is 8.83. The van der Waals surface area contributed by atoms with Gasteiger partial charge in [0.2, 0.25) is 0 Å². The first-order valence-corrected chi connectivity index (χ1v) is 10.6. The van der Waals surface area contributed by atoms with Gasteiger partial charge in [-0.1, -0.05) is 17.7 Å². The lowest BCUT2D eigenvalue weighted by atomic mass is 10.0. The third kappa shape index (κ3) is 4.51. The SMILES string of the molecule is Cc1ccc(S(=O)(=O)NNc2ncnc(N(C)C3CCN(C)CC3)c2N)cc1. The number of hydrogen-bond acceptors (Lipinski definition) is 8. The van der Waals surface area contributed by atoms with E-state index in [0.717, 1.165) is 31.5 Å². The Morgan fingerprint density at radius 3 is 2.46 bits per heavy atom. The predicted octanol–water partition coefficient (Wildman–Crippen LogP) is 1.20. The van der Waals surface area contributed by atoms with Gasteiger partial charge in [0.05, 0.1) is 4.90 Å². The summed E-state index contributed by atoms with van der Waals surface area (Å²) in [6.07, 6.45) is 3.40. The van der Waals surface area contributed by atoms with Crippen molar-refractivity contribution in [1.29, 1.82) is 0 Å². The molecule has 1 aliphatic heterocycles. The molecule has 0 atom stereocenters. The second kappa shape index (κ2) is 8.29. The van der Waals surface area contributed by atoms with E-state index in [1.165, 1.54) is 6.33 Å². The molecule has 1 aromatic heterocycles. The highest BCUT2D eigenvalue weighted by Gasteiger charge is 2.24. The highest BCUT2D eigenvalue weighted by atomic mass is 32.2. The average molecular weight is 406 g/mol. The lowest BCUT2D eigenvalue weighted by molar-refractivity contribution is 0.252. The third-order valence-electron chi connectivity index (χ3n) is 5.07. The summed E-state index contributed by atoms with van der Waals surface area (Å²) < 4.78 is 24.9. The van der Waals surface area contributed by atoms with Crippen molar-refractivity contribution in [2.45, 2.75) is 30.7 Å². The molecule has 1 fully saturated rings. The zero-order valence-corrected chi connectivity index (χ0v) is 17.2. The molecule has 1 aromatic carbocycles. The van der Waals surface area contributed by atoms with Crippen LogP contribution in [0.4, 0.5) is 17.3 Å². The fourth-order valence-electron chi connectivity index (χ4n) is 3.21. The molecule has 3 rings (SSSR count). The van der Waals surface area contributed by atoms with Crippen molar-refractivity contribution < 1.29 is 8.42 Å².